The Morgan fingerprint density at radius 1 is 1.14 bits per heavy atom. The van der Waals surface area contributed by atoms with Crippen LogP contribution < -0.4 is 4.90 Å². The summed E-state index contributed by atoms with van der Waals surface area (Å²) in [4.78, 5) is 13.7. The lowest BCUT2D eigenvalue weighted by atomic mass is 10.0. The summed E-state index contributed by atoms with van der Waals surface area (Å²) in [7, 11) is 0. The van der Waals surface area contributed by atoms with Crippen LogP contribution in [0.5, 0.6) is 0 Å². The van der Waals surface area contributed by atoms with Crippen LogP contribution in [0, 0.1) is 0 Å². The third kappa shape index (κ3) is 1.93. The van der Waals surface area contributed by atoms with Gasteiger partial charge in [0.25, 0.3) is 0 Å². The number of hydrogen-bond acceptors (Lipinski definition) is 1. The van der Waals surface area contributed by atoms with Gasteiger partial charge >= 0.3 is 0 Å². The largest absolute Gasteiger partial charge is 0.323 e. The molecular formula is C19H18N2O. The highest BCUT2D eigenvalue weighted by atomic mass is 16.2. The van der Waals surface area contributed by atoms with E-state index in [9.17, 15) is 4.79 Å². The zero-order valence-corrected chi connectivity index (χ0v) is 12.8. The van der Waals surface area contributed by atoms with E-state index < -0.39 is 0 Å². The summed E-state index contributed by atoms with van der Waals surface area (Å²) in [5, 5.41) is 0. The van der Waals surface area contributed by atoms with E-state index in [-0.39, 0.29) is 11.9 Å². The molecule has 1 unspecified atom stereocenters. The number of aromatic nitrogens is 1. The van der Waals surface area contributed by atoms with E-state index in [1.165, 1.54) is 22.2 Å². The fraction of sp³-hybridized carbons (Fsp3) is 0.211. The average Bonchev–Trinajstić information content (AvgIpc) is 3.05. The molecule has 0 N–H and O–H groups in total. The number of anilines is 1. The van der Waals surface area contributed by atoms with Gasteiger partial charge in [0.15, 0.2) is 0 Å². The van der Waals surface area contributed by atoms with Crippen LogP contribution in [0.1, 0.15) is 19.4 Å². The van der Waals surface area contributed by atoms with E-state index in [2.05, 4.69) is 54.0 Å². The number of pyridine rings is 1. The second-order valence-corrected chi connectivity index (χ2v) is 6.05. The molecule has 0 fully saturated rings. The van der Waals surface area contributed by atoms with Crippen molar-refractivity contribution in [1.29, 1.82) is 0 Å². The van der Waals surface area contributed by atoms with Crippen LogP contribution >= 0.6 is 0 Å². The second-order valence-electron chi connectivity index (χ2n) is 6.05. The summed E-state index contributed by atoms with van der Waals surface area (Å²) >= 11 is 0. The van der Waals surface area contributed by atoms with Crippen molar-refractivity contribution in [1.82, 2.24) is 4.40 Å². The van der Waals surface area contributed by atoms with Crippen molar-refractivity contribution in [3.05, 3.63) is 60.4 Å². The summed E-state index contributed by atoms with van der Waals surface area (Å²) in [5.41, 5.74) is 5.93. The molecule has 3 aromatic rings. The number of rotatable bonds is 1. The van der Waals surface area contributed by atoms with Gasteiger partial charge in [-0.05, 0) is 54.8 Å². The molecule has 1 amide bonds. The Balaban J connectivity index is 1.79. The Morgan fingerprint density at radius 3 is 2.77 bits per heavy atom. The normalized spacial score (nSPS) is 17.0. The van der Waals surface area contributed by atoms with E-state index >= 15 is 0 Å². The summed E-state index contributed by atoms with van der Waals surface area (Å²) in [5.74, 6) is 0.119. The van der Waals surface area contributed by atoms with Gasteiger partial charge in [0, 0.05) is 42.1 Å². The summed E-state index contributed by atoms with van der Waals surface area (Å²) in [6.45, 7) is 3.74. The van der Waals surface area contributed by atoms with Crippen molar-refractivity contribution in [2.24, 2.45) is 0 Å². The molecule has 1 atom stereocenters. The fourth-order valence-corrected chi connectivity index (χ4v) is 3.50. The lowest BCUT2D eigenvalue weighted by Gasteiger charge is -2.20. The van der Waals surface area contributed by atoms with Crippen molar-refractivity contribution >= 4 is 17.1 Å². The van der Waals surface area contributed by atoms with Crippen LogP contribution in [-0.4, -0.2) is 16.3 Å². The van der Waals surface area contributed by atoms with Gasteiger partial charge in [-0.25, -0.2) is 0 Å². The van der Waals surface area contributed by atoms with E-state index in [1.54, 1.807) is 6.92 Å². The number of hydrogen-bond donors (Lipinski definition) is 0. The predicted molar refractivity (Wildman–Crippen MR) is 89.2 cm³/mol. The molecule has 0 saturated carbocycles. The molecule has 0 bridgehead atoms. The third-order valence-corrected chi connectivity index (χ3v) is 4.47. The Hall–Kier alpha value is -2.55. The lowest BCUT2D eigenvalue weighted by Crippen LogP contribution is -2.33. The fourth-order valence-electron chi connectivity index (χ4n) is 3.50. The smallest absolute Gasteiger partial charge is 0.224 e. The quantitative estimate of drug-likeness (QED) is 0.667. The minimum absolute atomic E-state index is 0.119. The van der Waals surface area contributed by atoms with Gasteiger partial charge < -0.3 is 9.30 Å². The topological polar surface area (TPSA) is 24.7 Å². The van der Waals surface area contributed by atoms with E-state index in [4.69, 9.17) is 0 Å². The standard InChI is InChI=1S/C19H18N2O/c1-13-9-16-10-15(6-7-19(16)21(13)14(2)22)17-11-18-5-3-4-8-20(18)12-17/h3-8,10-13H,9H2,1-2H3. The third-order valence-electron chi connectivity index (χ3n) is 4.47. The zero-order chi connectivity index (χ0) is 15.3. The number of fused-ring (bicyclic) bond motifs is 2. The van der Waals surface area contributed by atoms with E-state index in [0.29, 0.717) is 0 Å². The van der Waals surface area contributed by atoms with Gasteiger partial charge in [-0.1, -0.05) is 12.1 Å². The molecule has 1 aromatic carbocycles. The molecule has 1 aliphatic rings. The number of carbonyl (C=O) groups excluding carboxylic acids is 1. The average molecular weight is 290 g/mol. The molecular weight excluding hydrogens is 272 g/mol. The summed E-state index contributed by atoms with van der Waals surface area (Å²) in [6, 6.07) is 15.1. The van der Waals surface area contributed by atoms with Gasteiger partial charge in [-0.3, -0.25) is 4.79 Å². The van der Waals surface area contributed by atoms with Crippen molar-refractivity contribution < 1.29 is 4.79 Å². The highest BCUT2D eigenvalue weighted by Gasteiger charge is 2.28. The van der Waals surface area contributed by atoms with Crippen LogP contribution in [0.15, 0.2) is 54.9 Å². The van der Waals surface area contributed by atoms with Crippen LogP contribution in [0.25, 0.3) is 16.6 Å². The van der Waals surface area contributed by atoms with Gasteiger partial charge in [-0.15, -0.1) is 0 Å². The monoisotopic (exact) mass is 290 g/mol. The first kappa shape index (κ1) is 13.1. The molecule has 22 heavy (non-hydrogen) atoms. The first-order chi connectivity index (χ1) is 10.6. The summed E-state index contributed by atoms with van der Waals surface area (Å²) in [6.07, 6.45) is 5.14. The Labute approximate surface area is 129 Å². The Kier molecular flexibility index (Phi) is 2.83. The number of carbonyl (C=O) groups is 1. The molecule has 4 rings (SSSR count). The maximum Gasteiger partial charge on any atom is 0.224 e. The first-order valence-corrected chi connectivity index (χ1v) is 7.63. The molecule has 0 aliphatic carbocycles. The lowest BCUT2D eigenvalue weighted by molar-refractivity contribution is -0.116. The highest BCUT2D eigenvalue weighted by Crippen LogP contribution is 2.35. The second kappa shape index (κ2) is 4.73. The van der Waals surface area contributed by atoms with Crippen molar-refractivity contribution in [3.63, 3.8) is 0 Å². The molecule has 1 aliphatic heterocycles. The SMILES string of the molecule is CC(=O)N1c2ccc(-c3cc4ccccn4c3)cc2CC1C. The van der Waals surface area contributed by atoms with Gasteiger partial charge in [0.05, 0.1) is 0 Å². The van der Waals surface area contributed by atoms with Gasteiger partial charge in [0.1, 0.15) is 0 Å². The molecule has 2 aromatic heterocycles. The maximum atomic E-state index is 11.8. The molecule has 0 radical (unpaired) electrons. The van der Waals surface area contributed by atoms with Crippen molar-refractivity contribution in [2.45, 2.75) is 26.3 Å². The molecule has 0 saturated heterocycles. The van der Waals surface area contributed by atoms with Crippen LogP contribution in [0.3, 0.4) is 0 Å². The Bertz CT molecular complexity index is 845. The van der Waals surface area contributed by atoms with E-state index in [0.717, 1.165) is 12.1 Å². The molecule has 3 nitrogen and oxygen atoms in total. The minimum Gasteiger partial charge on any atom is -0.323 e. The van der Waals surface area contributed by atoms with E-state index in [1.807, 2.05) is 17.0 Å². The number of amides is 1. The van der Waals surface area contributed by atoms with Crippen LogP contribution in [0.2, 0.25) is 0 Å². The van der Waals surface area contributed by atoms with Crippen molar-refractivity contribution in [3.8, 4) is 11.1 Å². The minimum atomic E-state index is 0.119. The van der Waals surface area contributed by atoms with Crippen LogP contribution in [0.4, 0.5) is 5.69 Å². The zero-order valence-electron chi connectivity index (χ0n) is 12.8. The number of nitrogens with zero attached hydrogens (tertiary/aromatic N) is 2. The predicted octanol–water partition coefficient (Wildman–Crippen LogP) is 3.90. The molecule has 110 valence electrons. The molecule has 3 heterocycles. The van der Waals surface area contributed by atoms with Crippen LogP contribution in [-0.2, 0) is 11.2 Å². The molecule has 3 heteroatoms. The van der Waals surface area contributed by atoms with Gasteiger partial charge in [-0.2, -0.15) is 0 Å². The number of benzene rings is 1. The Morgan fingerprint density at radius 2 is 2.00 bits per heavy atom. The first-order valence-electron chi connectivity index (χ1n) is 7.63. The molecule has 0 spiro atoms. The highest BCUT2D eigenvalue weighted by molar-refractivity contribution is 5.95. The van der Waals surface area contributed by atoms with Gasteiger partial charge in [0.2, 0.25) is 5.91 Å². The van der Waals surface area contributed by atoms with Crippen molar-refractivity contribution in [2.75, 3.05) is 4.90 Å². The summed E-state index contributed by atoms with van der Waals surface area (Å²) < 4.78 is 2.13. The maximum absolute atomic E-state index is 11.8.